The van der Waals surface area contributed by atoms with Crippen LogP contribution >= 0.6 is 0 Å². The highest BCUT2D eigenvalue weighted by molar-refractivity contribution is 6.75. The lowest BCUT2D eigenvalue weighted by Crippen LogP contribution is -2.45. The van der Waals surface area contributed by atoms with E-state index in [2.05, 4.69) is 67.7 Å². The molecule has 5 rings (SSSR count). The number of carbonyl (C=O) groups is 3. The van der Waals surface area contributed by atoms with Gasteiger partial charge >= 0.3 is 17.9 Å². The summed E-state index contributed by atoms with van der Waals surface area (Å²) in [5.74, 6) is -0.483. The van der Waals surface area contributed by atoms with Gasteiger partial charge in [-0.2, -0.15) is 0 Å². The molecule has 12 heteroatoms. The Bertz CT molecular complexity index is 2340. The molecule has 0 unspecified atom stereocenters. The summed E-state index contributed by atoms with van der Waals surface area (Å²) in [6.07, 6.45) is -0.346. The Balaban J connectivity index is 1.71. The SMILES string of the molecule is COC(=O)c1c(CC(=O)OC(C)(C)c2cc3c(C(=O)OC)c(OC)c4ccccc4c3o2)c(O[Si](C)(C)C(C)(C)C)c2ccccc2c1O[Si](C)(C)C(C)(C)C. The molecule has 0 radical (unpaired) electrons. The van der Waals surface area contributed by atoms with Gasteiger partial charge in [0.2, 0.25) is 0 Å². The van der Waals surface area contributed by atoms with Gasteiger partial charge in [0.25, 0.3) is 16.6 Å². The molecule has 0 saturated heterocycles. The van der Waals surface area contributed by atoms with Gasteiger partial charge in [-0.05, 0) is 56.2 Å². The van der Waals surface area contributed by atoms with Crippen molar-refractivity contribution < 1.29 is 46.6 Å². The van der Waals surface area contributed by atoms with Gasteiger partial charge in [0, 0.05) is 32.5 Å². The van der Waals surface area contributed by atoms with E-state index >= 15 is 0 Å². The Labute approximate surface area is 332 Å². The van der Waals surface area contributed by atoms with Gasteiger partial charge < -0.3 is 32.2 Å². The van der Waals surface area contributed by atoms with E-state index < -0.39 is 40.1 Å². The third-order valence-electron chi connectivity index (χ3n) is 11.5. The zero-order chi connectivity index (χ0) is 41.8. The predicted octanol–water partition coefficient (Wildman–Crippen LogP) is 11.1. The monoisotopic (exact) mass is 800 g/mol. The first kappa shape index (κ1) is 42.3. The van der Waals surface area contributed by atoms with Crippen LogP contribution in [0, 0.1) is 0 Å². The van der Waals surface area contributed by atoms with E-state index in [0.29, 0.717) is 55.3 Å². The van der Waals surface area contributed by atoms with Gasteiger partial charge in [-0.25, -0.2) is 9.59 Å². The van der Waals surface area contributed by atoms with E-state index in [9.17, 15) is 14.4 Å². The molecule has 0 saturated carbocycles. The maximum Gasteiger partial charge on any atom is 0.342 e. The summed E-state index contributed by atoms with van der Waals surface area (Å²) >= 11 is 0. The number of carbonyl (C=O) groups excluding carboxylic acids is 3. The van der Waals surface area contributed by atoms with E-state index in [1.165, 1.54) is 21.3 Å². The Morgan fingerprint density at radius 2 is 1.05 bits per heavy atom. The predicted molar refractivity (Wildman–Crippen MR) is 225 cm³/mol. The summed E-state index contributed by atoms with van der Waals surface area (Å²) in [6, 6.07) is 16.7. The van der Waals surface area contributed by atoms with Crippen LogP contribution in [-0.4, -0.2) is 55.9 Å². The number of hydrogen-bond donors (Lipinski definition) is 0. The molecule has 0 amide bonds. The highest BCUT2D eigenvalue weighted by Crippen LogP contribution is 2.49. The minimum Gasteiger partial charge on any atom is -0.543 e. The van der Waals surface area contributed by atoms with Crippen LogP contribution in [-0.2, 0) is 31.0 Å². The number of benzene rings is 4. The van der Waals surface area contributed by atoms with E-state index in [4.69, 9.17) is 32.2 Å². The molecule has 1 heterocycles. The average Bonchev–Trinajstić information content (AvgIpc) is 3.57. The Kier molecular flexibility index (Phi) is 11.3. The molecular formula is C44H56O10Si2. The van der Waals surface area contributed by atoms with Crippen LogP contribution in [0.1, 0.15) is 87.4 Å². The quantitative estimate of drug-likeness (QED) is 0.0725. The Morgan fingerprint density at radius 1 is 0.607 bits per heavy atom. The lowest BCUT2D eigenvalue weighted by atomic mass is 9.95. The molecule has 0 atom stereocenters. The summed E-state index contributed by atoms with van der Waals surface area (Å²) in [5, 5.41) is 2.80. The van der Waals surface area contributed by atoms with Gasteiger partial charge in [-0.15, -0.1) is 0 Å². The van der Waals surface area contributed by atoms with E-state index in [1.807, 2.05) is 48.5 Å². The number of methoxy groups -OCH3 is 3. The molecule has 0 N–H and O–H groups in total. The maximum absolute atomic E-state index is 14.4. The Morgan fingerprint density at radius 3 is 1.54 bits per heavy atom. The minimum absolute atomic E-state index is 0.129. The fourth-order valence-electron chi connectivity index (χ4n) is 6.19. The first-order valence-corrected chi connectivity index (χ1v) is 24.6. The highest BCUT2D eigenvalue weighted by atomic mass is 28.4. The Hall–Kier alpha value is -4.82. The number of esters is 3. The third kappa shape index (κ3) is 7.65. The van der Waals surface area contributed by atoms with Crippen molar-refractivity contribution in [2.75, 3.05) is 21.3 Å². The molecule has 0 aliphatic rings. The van der Waals surface area contributed by atoms with Crippen molar-refractivity contribution in [3.63, 3.8) is 0 Å². The van der Waals surface area contributed by atoms with E-state index in [0.717, 1.165) is 0 Å². The zero-order valence-corrected chi connectivity index (χ0v) is 37.5. The molecule has 0 aliphatic carbocycles. The molecule has 0 spiro atoms. The number of ether oxygens (including phenoxy) is 4. The molecule has 56 heavy (non-hydrogen) atoms. The largest absolute Gasteiger partial charge is 0.543 e. The number of furan rings is 1. The second-order valence-corrected chi connectivity index (χ2v) is 27.2. The summed E-state index contributed by atoms with van der Waals surface area (Å²) in [7, 11) is -1.02. The second kappa shape index (κ2) is 14.9. The van der Waals surface area contributed by atoms with Crippen LogP contribution in [0.5, 0.6) is 17.2 Å². The highest BCUT2D eigenvalue weighted by Gasteiger charge is 2.44. The van der Waals surface area contributed by atoms with Crippen LogP contribution in [0.3, 0.4) is 0 Å². The molecule has 300 valence electrons. The molecule has 4 aromatic carbocycles. The molecule has 0 aliphatic heterocycles. The van der Waals surface area contributed by atoms with E-state index in [1.54, 1.807) is 19.9 Å². The second-order valence-electron chi connectivity index (χ2n) is 17.7. The van der Waals surface area contributed by atoms with Gasteiger partial charge in [-0.3, -0.25) is 4.79 Å². The third-order valence-corrected chi connectivity index (χ3v) is 20.1. The molecule has 0 fully saturated rings. The van der Waals surface area contributed by atoms with Gasteiger partial charge in [-0.1, -0.05) is 90.1 Å². The molecular weight excluding hydrogens is 745 g/mol. The maximum atomic E-state index is 14.4. The van der Waals surface area contributed by atoms with Gasteiger partial charge in [0.05, 0.1) is 27.8 Å². The summed E-state index contributed by atoms with van der Waals surface area (Å²) in [5.41, 5.74) is -0.281. The number of rotatable bonds is 11. The average molecular weight is 801 g/mol. The lowest BCUT2D eigenvalue weighted by Gasteiger charge is -2.39. The topological polar surface area (TPSA) is 120 Å². The van der Waals surface area contributed by atoms with Crippen molar-refractivity contribution >= 4 is 67.1 Å². The summed E-state index contributed by atoms with van der Waals surface area (Å²) in [4.78, 5) is 41.7. The van der Waals surface area contributed by atoms with Crippen molar-refractivity contribution in [1.82, 2.24) is 0 Å². The number of hydrogen-bond acceptors (Lipinski definition) is 10. The van der Waals surface area contributed by atoms with Crippen LogP contribution in [0.25, 0.3) is 32.5 Å². The van der Waals surface area contributed by atoms with Crippen molar-refractivity contribution in [3.8, 4) is 17.2 Å². The van der Waals surface area contributed by atoms with Crippen molar-refractivity contribution in [3.05, 3.63) is 77.0 Å². The molecule has 5 aromatic rings. The molecule has 0 bridgehead atoms. The van der Waals surface area contributed by atoms with Crippen LogP contribution in [0.15, 0.2) is 59.0 Å². The van der Waals surface area contributed by atoms with Crippen LogP contribution in [0.4, 0.5) is 0 Å². The summed E-state index contributed by atoms with van der Waals surface area (Å²) in [6.45, 7) is 24.6. The fraction of sp³-hybridized carbons (Fsp3) is 0.432. The van der Waals surface area contributed by atoms with Crippen molar-refractivity contribution in [1.29, 1.82) is 0 Å². The minimum atomic E-state index is -2.57. The summed E-state index contributed by atoms with van der Waals surface area (Å²) < 4.78 is 43.1. The van der Waals surface area contributed by atoms with Crippen molar-refractivity contribution in [2.45, 2.75) is 104 Å². The van der Waals surface area contributed by atoms with Gasteiger partial charge in [0.1, 0.15) is 39.7 Å². The van der Waals surface area contributed by atoms with E-state index in [-0.39, 0.29) is 33.4 Å². The first-order valence-electron chi connectivity index (χ1n) is 18.8. The van der Waals surface area contributed by atoms with Crippen LogP contribution in [0.2, 0.25) is 36.3 Å². The smallest absolute Gasteiger partial charge is 0.342 e. The van der Waals surface area contributed by atoms with Gasteiger partial charge in [0.15, 0.2) is 5.60 Å². The first-order chi connectivity index (χ1) is 25.9. The van der Waals surface area contributed by atoms with Crippen LogP contribution < -0.4 is 13.6 Å². The normalized spacial score (nSPS) is 12.8. The zero-order valence-electron chi connectivity index (χ0n) is 35.5. The standard InChI is InChI=1S/C44H56O10Si2/c1-42(2,3)55(12,13)53-37-27-21-17-19-23-29(27)39(54-56(14,15)43(4,5)6)35(41(47)50-11)31(37)25-33(45)52-44(7,8)32-24-30-34(40(46)49-10)38(48-9)28-22-18-16-20-26(28)36(30)51-32/h16-24H,25H2,1-15H3. The fourth-order valence-corrected chi connectivity index (χ4v) is 8.27. The van der Waals surface area contributed by atoms with Crippen molar-refractivity contribution in [2.24, 2.45) is 0 Å². The lowest BCUT2D eigenvalue weighted by molar-refractivity contribution is -0.158. The number of fused-ring (bicyclic) bond motifs is 4. The molecule has 1 aromatic heterocycles. The molecule has 10 nitrogen and oxygen atoms in total.